The summed E-state index contributed by atoms with van der Waals surface area (Å²) >= 11 is 5.83. The second-order valence-electron chi connectivity index (χ2n) is 2.63. The van der Waals surface area contributed by atoms with Gasteiger partial charge in [0, 0.05) is 0 Å². The van der Waals surface area contributed by atoms with Gasteiger partial charge in [-0.3, -0.25) is 10.1 Å². The molecule has 0 radical (unpaired) electrons. The monoisotopic (exact) mass is 359 g/mol. The van der Waals surface area contributed by atoms with E-state index in [9.17, 15) is 18.9 Å². The Balaban J connectivity index is 3.27. The number of nitro benzene ring substituents is 1. The lowest BCUT2D eigenvalue weighted by Gasteiger charge is -2.09. The van der Waals surface area contributed by atoms with Crippen LogP contribution in [0.3, 0.4) is 0 Å². The maximum atomic E-state index is 13.2. The molecule has 0 aromatic heterocycles. The summed E-state index contributed by atoms with van der Waals surface area (Å²) < 4.78 is 30.1. The molecule has 0 spiro atoms. The topological polar surface area (TPSA) is 52.4 Å². The molecule has 0 fully saturated rings. The number of rotatable bonds is 4. The number of halogens is 4. The Morgan fingerprint density at radius 3 is 2.62 bits per heavy atom. The quantitative estimate of drug-likeness (QED) is 0.608. The van der Waals surface area contributed by atoms with Crippen molar-refractivity contribution in [2.45, 2.75) is 0 Å². The molecule has 16 heavy (non-hydrogen) atoms. The zero-order valence-electron chi connectivity index (χ0n) is 7.68. The highest BCUT2D eigenvalue weighted by Crippen LogP contribution is 2.41. The maximum Gasteiger partial charge on any atom is 0.322 e. The first-order chi connectivity index (χ1) is 7.49. The van der Waals surface area contributed by atoms with Gasteiger partial charge in [-0.1, -0.05) is 0 Å². The van der Waals surface area contributed by atoms with Gasteiger partial charge in [0.05, 0.1) is 9.40 Å². The van der Waals surface area contributed by atoms with Crippen LogP contribution in [-0.4, -0.2) is 18.2 Å². The first-order valence-electron chi connectivity index (χ1n) is 3.99. The van der Waals surface area contributed by atoms with Gasteiger partial charge in [-0.05, 0) is 37.9 Å². The first kappa shape index (κ1) is 13.3. The Kier molecular flexibility index (Phi) is 4.60. The average Bonchev–Trinajstić information content (AvgIpc) is 2.16. The van der Waals surface area contributed by atoms with Crippen molar-refractivity contribution in [2.75, 3.05) is 13.3 Å². The minimum atomic E-state index is -1.00. The van der Waals surface area contributed by atoms with E-state index in [0.29, 0.717) is 0 Å². The minimum Gasteiger partial charge on any atom is -0.488 e. The zero-order valence-corrected chi connectivity index (χ0v) is 10.8. The van der Waals surface area contributed by atoms with Crippen LogP contribution in [0.5, 0.6) is 5.75 Å². The van der Waals surface area contributed by atoms with Gasteiger partial charge in [0.2, 0.25) is 5.82 Å². The molecule has 1 rings (SSSR count). The van der Waals surface area contributed by atoms with Crippen molar-refractivity contribution in [1.82, 2.24) is 0 Å². The molecule has 1 aromatic rings. The van der Waals surface area contributed by atoms with Gasteiger partial charge in [-0.2, -0.15) is 4.39 Å². The van der Waals surface area contributed by atoms with Gasteiger partial charge in [0.15, 0.2) is 5.75 Å². The minimum absolute atomic E-state index is 0.00532. The summed E-state index contributed by atoms with van der Waals surface area (Å²) in [5, 5.41) is 10.6. The van der Waals surface area contributed by atoms with Crippen LogP contribution in [0.25, 0.3) is 0 Å². The molecule has 0 N–H and O–H groups in total. The number of ether oxygens (including phenoxy) is 1. The lowest BCUT2D eigenvalue weighted by Crippen LogP contribution is -2.03. The van der Waals surface area contributed by atoms with Crippen LogP contribution < -0.4 is 4.74 Å². The fourth-order valence-electron chi connectivity index (χ4n) is 1.00. The number of alkyl halides is 1. The van der Waals surface area contributed by atoms with E-state index in [1.807, 2.05) is 0 Å². The molecular weight excluding hydrogens is 356 g/mol. The molecule has 0 saturated heterocycles. The molecule has 4 nitrogen and oxygen atoms in total. The van der Waals surface area contributed by atoms with E-state index >= 15 is 0 Å². The molecule has 0 amide bonds. The summed E-state index contributed by atoms with van der Waals surface area (Å²) in [6.45, 7) is -1.01. The summed E-state index contributed by atoms with van der Waals surface area (Å²) in [6.07, 6.45) is 0. The van der Waals surface area contributed by atoms with Crippen LogP contribution in [0.2, 0.25) is 0 Å². The van der Waals surface area contributed by atoms with E-state index < -0.39 is 23.1 Å². The third kappa shape index (κ3) is 2.67. The lowest BCUT2D eigenvalue weighted by atomic mass is 10.3. The van der Waals surface area contributed by atoms with Crippen molar-refractivity contribution in [3.8, 4) is 5.75 Å². The molecule has 0 aliphatic rings. The van der Waals surface area contributed by atoms with E-state index in [1.165, 1.54) is 0 Å². The third-order valence-electron chi connectivity index (χ3n) is 1.61. The Labute approximate surface area is 106 Å². The van der Waals surface area contributed by atoms with Gasteiger partial charge in [0.25, 0.3) is 0 Å². The van der Waals surface area contributed by atoms with E-state index in [2.05, 4.69) is 31.9 Å². The van der Waals surface area contributed by atoms with E-state index in [1.54, 1.807) is 0 Å². The number of benzene rings is 1. The van der Waals surface area contributed by atoms with Crippen LogP contribution in [0, 0.1) is 15.9 Å². The molecular formula is C8H5Br2F2NO3. The SMILES string of the molecule is O=[N+]([O-])c1c(F)cc(Br)c(OCCF)c1Br. The molecule has 0 heterocycles. The molecule has 0 atom stereocenters. The second kappa shape index (κ2) is 5.53. The summed E-state index contributed by atoms with van der Waals surface area (Å²) in [4.78, 5) is 9.69. The molecule has 0 aliphatic heterocycles. The van der Waals surface area contributed by atoms with Crippen LogP contribution in [0.15, 0.2) is 15.0 Å². The zero-order chi connectivity index (χ0) is 12.3. The highest BCUT2D eigenvalue weighted by molar-refractivity contribution is 9.11. The summed E-state index contributed by atoms with van der Waals surface area (Å²) in [5.41, 5.74) is -0.739. The molecule has 8 heteroatoms. The van der Waals surface area contributed by atoms with Crippen molar-refractivity contribution >= 4 is 37.5 Å². The Bertz CT molecular complexity index is 428. The van der Waals surface area contributed by atoms with Crippen LogP contribution in [-0.2, 0) is 0 Å². The molecule has 0 bridgehead atoms. The Morgan fingerprint density at radius 2 is 2.12 bits per heavy atom. The smallest absolute Gasteiger partial charge is 0.322 e. The van der Waals surface area contributed by atoms with Crippen molar-refractivity contribution in [3.05, 3.63) is 30.9 Å². The normalized spacial score (nSPS) is 10.2. The molecule has 0 unspecified atom stereocenters. The summed E-state index contributed by atoms with van der Waals surface area (Å²) in [6, 6.07) is 0.899. The predicted octanol–water partition coefficient (Wildman–Crippen LogP) is 3.61. The maximum absolute atomic E-state index is 13.2. The Hall–Kier alpha value is -0.760. The number of hydrogen-bond donors (Lipinski definition) is 0. The van der Waals surface area contributed by atoms with Crippen molar-refractivity contribution in [2.24, 2.45) is 0 Å². The fourth-order valence-corrected chi connectivity index (χ4v) is 2.44. The highest BCUT2D eigenvalue weighted by Gasteiger charge is 2.25. The van der Waals surface area contributed by atoms with Crippen molar-refractivity contribution in [1.29, 1.82) is 0 Å². The third-order valence-corrected chi connectivity index (χ3v) is 2.93. The lowest BCUT2D eigenvalue weighted by molar-refractivity contribution is -0.388. The van der Waals surface area contributed by atoms with E-state index in [0.717, 1.165) is 6.07 Å². The molecule has 0 saturated carbocycles. The van der Waals surface area contributed by atoms with Gasteiger partial charge >= 0.3 is 5.69 Å². The summed E-state index contributed by atoms with van der Waals surface area (Å²) in [7, 11) is 0. The van der Waals surface area contributed by atoms with Gasteiger partial charge < -0.3 is 4.74 Å². The molecule has 88 valence electrons. The number of nitrogens with zero attached hydrogens (tertiary/aromatic N) is 1. The van der Waals surface area contributed by atoms with Crippen molar-refractivity contribution in [3.63, 3.8) is 0 Å². The molecule has 1 aromatic carbocycles. The van der Waals surface area contributed by atoms with Crippen LogP contribution >= 0.6 is 31.9 Å². The highest BCUT2D eigenvalue weighted by atomic mass is 79.9. The van der Waals surface area contributed by atoms with Gasteiger partial charge in [0.1, 0.15) is 17.8 Å². The standard InChI is InChI=1S/C8H5Br2F2NO3/c9-4-3-5(12)7(13(14)15)6(10)8(4)16-2-1-11/h3H,1-2H2. The predicted molar refractivity (Wildman–Crippen MR) is 59.9 cm³/mol. The number of nitro groups is 1. The Morgan fingerprint density at radius 1 is 1.50 bits per heavy atom. The van der Waals surface area contributed by atoms with Crippen LogP contribution in [0.4, 0.5) is 14.5 Å². The van der Waals surface area contributed by atoms with E-state index in [4.69, 9.17) is 4.74 Å². The largest absolute Gasteiger partial charge is 0.488 e. The van der Waals surface area contributed by atoms with Crippen molar-refractivity contribution < 1.29 is 18.4 Å². The first-order valence-corrected chi connectivity index (χ1v) is 5.58. The van der Waals surface area contributed by atoms with Gasteiger partial charge in [-0.25, -0.2) is 4.39 Å². The average molecular weight is 361 g/mol. The summed E-state index contributed by atoms with van der Waals surface area (Å²) in [5.74, 6) is -0.998. The fraction of sp³-hybridized carbons (Fsp3) is 0.250. The van der Waals surface area contributed by atoms with E-state index in [-0.39, 0.29) is 21.3 Å². The van der Waals surface area contributed by atoms with Gasteiger partial charge in [-0.15, -0.1) is 0 Å². The second-order valence-corrected chi connectivity index (χ2v) is 4.27. The van der Waals surface area contributed by atoms with Crippen LogP contribution in [0.1, 0.15) is 0 Å². The molecule has 0 aliphatic carbocycles. The number of hydrogen-bond acceptors (Lipinski definition) is 3.